The molecule has 2 heteroatoms. The van der Waals surface area contributed by atoms with Gasteiger partial charge in [0.15, 0.2) is 0 Å². The molecule has 1 aliphatic rings. The molecule has 1 aliphatic carbocycles. The van der Waals surface area contributed by atoms with Crippen molar-refractivity contribution in [1.29, 1.82) is 0 Å². The van der Waals surface area contributed by atoms with Crippen LogP contribution in [0.2, 0.25) is 5.02 Å². The topological polar surface area (TPSA) is 26.0 Å². The molecule has 98 valence electrons. The van der Waals surface area contributed by atoms with Gasteiger partial charge in [0.05, 0.1) is 0 Å². The van der Waals surface area contributed by atoms with Gasteiger partial charge in [0.2, 0.25) is 0 Å². The molecule has 2 N–H and O–H groups in total. The Hall–Kier alpha value is -1.31. The van der Waals surface area contributed by atoms with Crippen LogP contribution in [0.5, 0.6) is 0 Å². The standard InChI is InChI=1S/C17H18ClN/c1-10-9-16(18)11(2)8-15(10)12-4-3-5-14-13(12)6-7-17(14)19/h3-5,8-9,17H,6-7,19H2,1-2H3. The van der Waals surface area contributed by atoms with Gasteiger partial charge in [-0.3, -0.25) is 0 Å². The van der Waals surface area contributed by atoms with Gasteiger partial charge in [-0.05, 0) is 72.2 Å². The summed E-state index contributed by atoms with van der Waals surface area (Å²) in [7, 11) is 0. The number of hydrogen-bond donors (Lipinski definition) is 1. The molecule has 1 atom stereocenters. The fraction of sp³-hybridized carbons (Fsp3) is 0.294. The van der Waals surface area contributed by atoms with Crippen LogP contribution in [0.4, 0.5) is 0 Å². The van der Waals surface area contributed by atoms with E-state index in [1.54, 1.807) is 0 Å². The first-order valence-corrected chi connectivity index (χ1v) is 7.10. The van der Waals surface area contributed by atoms with Crippen molar-refractivity contribution in [3.63, 3.8) is 0 Å². The van der Waals surface area contributed by atoms with E-state index in [2.05, 4.69) is 44.2 Å². The summed E-state index contributed by atoms with van der Waals surface area (Å²) in [5.41, 5.74) is 13.9. The second kappa shape index (κ2) is 4.66. The average Bonchev–Trinajstić information content (AvgIpc) is 2.76. The van der Waals surface area contributed by atoms with Crippen molar-refractivity contribution in [3.8, 4) is 11.1 Å². The Bertz CT molecular complexity index is 646. The molecule has 0 saturated carbocycles. The van der Waals surface area contributed by atoms with E-state index in [0.717, 1.165) is 23.4 Å². The Balaban J connectivity index is 2.21. The fourth-order valence-corrected chi connectivity index (χ4v) is 3.23. The number of hydrogen-bond acceptors (Lipinski definition) is 1. The van der Waals surface area contributed by atoms with Crippen molar-refractivity contribution in [3.05, 3.63) is 57.6 Å². The monoisotopic (exact) mass is 271 g/mol. The lowest BCUT2D eigenvalue weighted by atomic mass is 9.92. The van der Waals surface area contributed by atoms with Crippen LogP contribution in [0.3, 0.4) is 0 Å². The van der Waals surface area contributed by atoms with E-state index < -0.39 is 0 Å². The van der Waals surface area contributed by atoms with E-state index >= 15 is 0 Å². The van der Waals surface area contributed by atoms with Gasteiger partial charge in [-0.2, -0.15) is 0 Å². The van der Waals surface area contributed by atoms with E-state index in [1.165, 1.54) is 27.8 Å². The Morgan fingerprint density at radius 2 is 1.89 bits per heavy atom. The summed E-state index contributed by atoms with van der Waals surface area (Å²) in [6.07, 6.45) is 2.13. The van der Waals surface area contributed by atoms with Crippen LogP contribution in [-0.4, -0.2) is 0 Å². The first-order chi connectivity index (χ1) is 9.08. The molecule has 0 radical (unpaired) electrons. The fourth-order valence-electron chi connectivity index (χ4n) is 3.01. The quantitative estimate of drug-likeness (QED) is 0.808. The largest absolute Gasteiger partial charge is 0.324 e. The Kier molecular flexibility index (Phi) is 3.12. The third kappa shape index (κ3) is 2.07. The summed E-state index contributed by atoms with van der Waals surface area (Å²) in [6, 6.07) is 10.9. The number of aryl methyl sites for hydroxylation is 2. The predicted octanol–water partition coefficient (Wildman–Crippen LogP) is 4.57. The Morgan fingerprint density at radius 1 is 1.11 bits per heavy atom. The second-order valence-electron chi connectivity index (χ2n) is 5.43. The lowest BCUT2D eigenvalue weighted by Crippen LogP contribution is -2.05. The SMILES string of the molecule is Cc1cc(-c2cccc3c2CCC3N)c(C)cc1Cl. The molecule has 1 unspecified atom stereocenters. The first kappa shape index (κ1) is 12.7. The van der Waals surface area contributed by atoms with Gasteiger partial charge in [0.25, 0.3) is 0 Å². The van der Waals surface area contributed by atoms with Crippen LogP contribution < -0.4 is 5.73 Å². The molecule has 2 aromatic carbocycles. The highest BCUT2D eigenvalue weighted by Gasteiger charge is 2.22. The molecule has 0 aliphatic heterocycles. The van der Waals surface area contributed by atoms with Crippen molar-refractivity contribution in [2.24, 2.45) is 5.73 Å². The highest BCUT2D eigenvalue weighted by molar-refractivity contribution is 6.31. The smallest absolute Gasteiger partial charge is 0.0438 e. The summed E-state index contributed by atoms with van der Waals surface area (Å²) >= 11 is 6.19. The number of halogens is 1. The second-order valence-corrected chi connectivity index (χ2v) is 5.84. The van der Waals surface area contributed by atoms with Crippen LogP contribution in [0, 0.1) is 13.8 Å². The van der Waals surface area contributed by atoms with E-state index in [-0.39, 0.29) is 6.04 Å². The van der Waals surface area contributed by atoms with Crippen molar-refractivity contribution in [1.82, 2.24) is 0 Å². The molecule has 3 rings (SSSR count). The minimum atomic E-state index is 0.198. The van der Waals surface area contributed by atoms with Gasteiger partial charge in [0, 0.05) is 11.1 Å². The molecular weight excluding hydrogens is 254 g/mol. The van der Waals surface area contributed by atoms with Gasteiger partial charge in [-0.25, -0.2) is 0 Å². The van der Waals surface area contributed by atoms with Gasteiger partial charge in [-0.15, -0.1) is 0 Å². The molecule has 0 fully saturated rings. The summed E-state index contributed by atoms with van der Waals surface area (Å²) in [4.78, 5) is 0. The van der Waals surface area contributed by atoms with E-state index in [9.17, 15) is 0 Å². The number of benzene rings is 2. The highest BCUT2D eigenvalue weighted by Crippen LogP contribution is 2.38. The van der Waals surface area contributed by atoms with Crippen LogP contribution in [0.15, 0.2) is 30.3 Å². The molecule has 0 aromatic heterocycles. The molecule has 0 spiro atoms. The summed E-state index contributed by atoms with van der Waals surface area (Å²) in [6.45, 7) is 4.18. The number of nitrogens with two attached hydrogens (primary N) is 1. The third-order valence-electron chi connectivity index (χ3n) is 4.11. The van der Waals surface area contributed by atoms with Crippen LogP contribution in [0.25, 0.3) is 11.1 Å². The number of rotatable bonds is 1. The van der Waals surface area contributed by atoms with Gasteiger partial charge in [0.1, 0.15) is 0 Å². The molecule has 0 heterocycles. The maximum absolute atomic E-state index is 6.19. The normalized spacial score (nSPS) is 17.6. The Labute approximate surface area is 119 Å². The molecule has 2 aromatic rings. The van der Waals surface area contributed by atoms with E-state index in [4.69, 9.17) is 17.3 Å². The zero-order chi connectivity index (χ0) is 13.6. The molecule has 19 heavy (non-hydrogen) atoms. The molecule has 0 bridgehead atoms. The minimum absolute atomic E-state index is 0.198. The minimum Gasteiger partial charge on any atom is -0.324 e. The lowest BCUT2D eigenvalue weighted by molar-refractivity contribution is 0.713. The highest BCUT2D eigenvalue weighted by atomic mass is 35.5. The zero-order valence-corrected chi connectivity index (χ0v) is 12.1. The molecule has 0 saturated heterocycles. The van der Waals surface area contributed by atoms with E-state index in [1.807, 2.05) is 0 Å². The first-order valence-electron chi connectivity index (χ1n) is 6.72. The van der Waals surface area contributed by atoms with Gasteiger partial charge in [-0.1, -0.05) is 29.8 Å². The molecule has 0 amide bonds. The number of fused-ring (bicyclic) bond motifs is 1. The zero-order valence-electron chi connectivity index (χ0n) is 11.3. The van der Waals surface area contributed by atoms with Crippen LogP contribution in [0.1, 0.15) is 34.7 Å². The van der Waals surface area contributed by atoms with Crippen LogP contribution >= 0.6 is 11.6 Å². The molecular formula is C17H18ClN. The maximum atomic E-state index is 6.19. The summed E-state index contributed by atoms with van der Waals surface area (Å²) in [5.74, 6) is 0. The molecule has 1 nitrogen and oxygen atoms in total. The Morgan fingerprint density at radius 3 is 2.68 bits per heavy atom. The summed E-state index contributed by atoms with van der Waals surface area (Å²) in [5, 5.41) is 0.838. The third-order valence-corrected chi connectivity index (χ3v) is 4.52. The lowest BCUT2D eigenvalue weighted by Gasteiger charge is -2.14. The van der Waals surface area contributed by atoms with E-state index in [0.29, 0.717) is 0 Å². The predicted molar refractivity (Wildman–Crippen MR) is 81.6 cm³/mol. The summed E-state index contributed by atoms with van der Waals surface area (Å²) < 4.78 is 0. The van der Waals surface area contributed by atoms with Gasteiger partial charge >= 0.3 is 0 Å². The van der Waals surface area contributed by atoms with Crippen molar-refractivity contribution in [2.75, 3.05) is 0 Å². The van der Waals surface area contributed by atoms with Crippen molar-refractivity contribution >= 4 is 11.6 Å². The van der Waals surface area contributed by atoms with Crippen molar-refractivity contribution in [2.45, 2.75) is 32.7 Å². The maximum Gasteiger partial charge on any atom is 0.0438 e. The van der Waals surface area contributed by atoms with Gasteiger partial charge < -0.3 is 5.73 Å². The van der Waals surface area contributed by atoms with Crippen molar-refractivity contribution < 1.29 is 0 Å². The van der Waals surface area contributed by atoms with Crippen LogP contribution in [-0.2, 0) is 6.42 Å². The average molecular weight is 272 g/mol.